The summed E-state index contributed by atoms with van der Waals surface area (Å²) in [6.07, 6.45) is 0.218. The molecule has 0 saturated carbocycles. The summed E-state index contributed by atoms with van der Waals surface area (Å²) in [5.41, 5.74) is 1.27. The highest BCUT2D eigenvalue weighted by atomic mass is 35.5. The van der Waals surface area contributed by atoms with Crippen molar-refractivity contribution in [2.75, 3.05) is 0 Å². The Morgan fingerprint density at radius 1 is 0.943 bits per heavy atom. The molecule has 0 aromatic heterocycles. The number of benzene rings is 3. The Morgan fingerprint density at radius 2 is 1.60 bits per heavy atom. The zero-order valence-corrected chi connectivity index (χ0v) is 21.5. The van der Waals surface area contributed by atoms with Crippen molar-refractivity contribution in [2.45, 2.75) is 51.7 Å². The van der Waals surface area contributed by atoms with Crippen molar-refractivity contribution in [1.82, 2.24) is 10.2 Å². The van der Waals surface area contributed by atoms with Crippen LogP contribution in [0.1, 0.15) is 37.5 Å². The molecule has 0 spiro atoms. The average Bonchev–Trinajstić information content (AvgIpc) is 2.78. The van der Waals surface area contributed by atoms with Gasteiger partial charge in [0.2, 0.25) is 11.8 Å². The van der Waals surface area contributed by atoms with Crippen LogP contribution in [0.4, 0.5) is 4.39 Å². The van der Waals surface area contributed by atoms with Gasteiger partial charge < -0.3 is 10.2 Å². The highest BCUT2D eigenvalue weighted by Gasteiger charge is 2.32. The highest BCUT2D eigenvalue weighted by molar-refractivity contribution is 6.35. The summed E-state index contributed by atoms with van der Waals surface area (Å²) in [4.78, 5) is 28.6. The van der Waals surface area contributed by atoms with E-state index in [9.17, 15) is 14.0 Å². The summed E-state index contributed by atoms with van der Waals surface area (Å²) in [6.45, 7) is 5.56. The monoisotopic (exact) mass is 514 g/mol. The van der Waals surface area contributed by atoms with Gasteiger partial charge in [0.25, 0.3) is 0 Å². The fourth-order valence-electron chi connectivity index (χ4n) is 3.75. The Morgan fingerprint density at radius 3 is 2.23 bits per heavy atom. The first-order valence-electron chi connectivity index (χ1n) is 11.4. The van der Waals surface area contributed by atoms with E-state index in [1.54, 1.807) is 36.4 Å². The van der Waals surface area contributed by atoms with Gasteiger partial charge in [0.1, 0.15) is 11.9 Å². The summed E-state index contributed by atoms with van der Waals surface area (Å²) >= 11 is 12.3. The van der Waals surface area contributed by atoms with Crippen molar-refractivity contribution < 1.29 is 14.0 Å². The SMILES string of the molecule is CC(C)(C)NC(=O)C(Cc1ccccc1)N(Cc1ccccc1F)C(=O)Cc1ccc(Cl)cc1Cl. The van der Waals surface area contributed by atoms with Gasteiger partial charge in [-0.2, -0.15) is 0 Å². The van der Waals surface area contributed by atoms with Crippen molar-refractivity contribution in [3.63, 3.8) is 0 Å². The second-order valence-corrected chi connectivity index (χ2v) is 10.3. The third-order valence-corrected chi connectivity index (χ3v) is 6.01. The van der Waals surface area contributed by atoms with Gasteiger partial charge >= 0.3 is 0 Å². The molecule has 0 aliphatic rings. The van der Waals surface area contributed by atoms with Gasteiger partial charge in [0.05, 0.1) is 6.42 Å². The van der Waals surface area contributed by atoms with Gasteiger partial charge in [-0.05, 0) is 50.1 Å². The molecule has 4 nitrogen and oxygen atoms in total. The standard InChI is InChI=1S/C28H29Cl2FN2O2/c1-28(2,3)32-27(35)25(15-19-9-5-4-6-10-19)33(18-21-11-7-8-12-24(21)31)26(34)16-20-13-14-22(29)17-23(20)30/h4-14,17,25H,15-16,18H2,1-3H3,(H,32,35). The maximum Gasteiger partial charge on any atom is 0.243 e. The minimum atomic E-state index is -0.866. The normalized spacial score (nSPS) is 12.2. The van der Waals surface area contributed by atoms with Crippen molar-refractivity contribution >= 4 is 35.0 Å². The smallest absolute Gasteiger partial charge is 0.243 e. The molecule has 0 radical (unpaired) electrons. The van der Waals surface area contributed by atoms with E-state index in [1.165, 1.54) is 11.0 Å². The van der Waals surface area contributed by atoms with Gasteiger partial charge in [0, 0.05) is 34.1 Å². The summed E-state index contributed by atoms with van der Waals surface area (Å²) in [7, 11) is 0. The molecule has 0 saturated heterocycles. The lowest BCUT2D eigenvalue weighted by Crippen LogP contribution is -2.54. The molecule has 0 fully saturated rings. The van der Waals surface area contributed by atoms with Gasteiger partial charge in [-0.3, -0.25) is 9.59 Å². The number of rotatable bonds is 8. The first-order chi connectivity index (χ1) is 16.5. The second kappa shape index (κ2) is 11.7. The molecule has 0 bridgehead atoms. The molecule has 1 atom stereocenters. The molecule has 3 aromatic carbocycles. The fourth-order valence-corrected chi connectivity index (χ4v) is 4.22. The number of nitrogens with one attached hydrogen (secondary N) is 1. The molecule has 0 heterocycles. The Hall–Kier alpha value is -2.89. The van der Waals surface area contributed by atoms with Crippen LogP contribution < -0.4 is 5.32 Å². The van der Waals surface area contributed by atoms with E-state index in [-0.39, 0.29) is 31.2 Å². The van der Waals surface area contributed by atoms with Crippen molar-refractivity contribution in [1.29, 1.82) is 0 Å². The number of halogens is 3. The lowest BCUT2D eigenvalue weighted by molar-refractivity contribution is -0.141. The van der Waals surface area contributed by atoms with Crippen molar-refractivity contribution in [2.24, 2.45) is 0 Å². The Kier molecular flexibility index (Phi) is 8.92. The van der Waals surface area contributed by atoms with Crippen molar-refractivity contribution in [3.8, 4) is 0 Å². The molecule has 184 valence electrons. The largest absolute Gasteiger partial charge is 0.350 e. The first kappa shape index (κ1) is 26.7. The zero-order chi connectivity index (χ0) is 25.6. The molecule has 35 heavy (non-hydrogen) atoms. The number of carbonyl (C=O) groups excluding carboxylic acids is 2. The fraction of sp³-hybridized carbons (Fsp3) is 0.286. The van der Waals surface area contributed by atoms with Gasteiger partial charge in [-0.25, -0.2) is 4.39 Å². The van der Waals surface area contributed by atoms with E-state index in [2.05, 4.69) is 5.32 Å². The van der Waals surface area contributed by atoms with Crippen LogP contribution in [0.3, 0.4) is 0 Å². The molecule has 3 rings (SSSR count). The third-order valence-electron chi connectivity index (χ3n) is 5.42. The molecule has 0 aliphatic carbocycles. The number of hydrogen-bond donors (Lipinski definition) is 1. The van der Waals surface area contributed by atoms with Gasteiger partial charge in [-0.1, -0.05) is 77.8 Å². The number of amides is 2. The van der Waals surface area contributed by atoms with Crippen LogP contribution in [0.15, 0.2) is 72.8 Å². The summed E-state index contributed by atoms with van der Waals surface area (Å²) in [5.74, 6) is -1.10. The lowest BCUT2D eigenvalue weighted by atomic mass is 9.99. The number of hydrogen-bond acceptors (Lipinski definition) is 2. The van der Waals surface area contributed by atoms with Crippen LogP contribution in [-0.4, -0.2) is 28.3 Å². The Bertz CT molecular complexity index is 1180. The van der Waals surface area contributed by atoms with E-state index in [1.807, 2.05) is 51.1 Å². The molecule has 7 heteroatoms. The van der Waals surface area contributed by atoms with Gasteiger partial charge in [0.15, 0.2) is 0 Å². The van der Waals surface area contributed by atoms with Crippen LogP contribution in [0.5, 0.6) is 0 Å². The van der Waals surface area contributed by atoms with E-state index < -0.39 is 17.4 Å². The quantitative estimate of drug-likeness (QED) is 0.387. The molecular weight excluding hydrogens is 486 g/mol. The van der Waals surface area contributed by atoms with Crippen LogP contribution in [-0.2, 0) is 29.0 Å². The van der Waals surface area contributed by atoms with E-state index in [0.717, 1.165) is 5.56 Å². The topological polar surface area (TPSA) is 49.4 Å². The zero-order valence-electron chi connectivity index (χ0n) is 20.0. The Balaban J connectivity index is 2.02. The summed E-state index contributed by atoms with van der Waals surface area (Å²) < 4.78 is 14.6. The highest BCUT2D eigenvalue weighted by Crippen LogP contribution is 2.24. The minimum Gasteiger partial charge on any atom is -0.350 e. The predicted molar refractivity (Wildman–Crippen MR) is 139 cm³/mol. The number of carbonyl (C=O) groups is 2. The van der Waals surface area contributed by atoms with E-state index >= 15 is 0 Å². The van der Waals surface area contributed by atoms with Crippen LogP contribution in [0, 0.1) is 5.82 Å². The van der Waals surface area contributed by atoms with E-state index in [0.29, 0.717) is 21.2 Å². The molecule has 1 unspecified atom stereocenters. The van der Waals surface area contributed by atoms with Crippen molar-refractivity contribution in [3.05, 3.63) is 105 Å². The lowest BCUT2D eigenvalue weighted by Gasteiger charge is -2.34. The third kappa shape index (κ3) is 7.81. The first-order valence-corrected chi connectivity index (χ1v) is 12.1. The summed E-state index contributed by atoms with van der Waals surface area (Å²) in [6, 6.07) is 19.8. The van der Waals surface area contributed by atoms with Crippen LogP contribution >= 0.6 is 23.2 Å². The predicted octanol–water partition coefficient (Wildman–Crippen LogP) is 6.23. The molecule has 3 aromatic rings. The Labute approximate surface area is 216 Å². The molecule has 2 amide bonds. The van der Waals surface area contributed by atoms with Crippen LogP contribution in [0.2, 0.25) is 10.0 Å². The van der Waals surface area contributed by atoms with Crippen LogP contribution in [0.25, 0.3) is 0 Å². The van der Waals surface area contributed by atoms with Gasteiger partial charge in [-0.15, -0.1) is 0 Å². The second-order valence-electron chi connectivity index (χ2n) is 9.47. The molecule has 1 N–H and O–H groups in total. The number of nitrogens with zero attached hydrogens (tertiary/aromatic N) is 1. The molecular formula is C28H29Cl2FN2O2. The van der Waals surface area contributed by atoms with E-state index in [4.69, 9.17) is 23.2 Å². The average molecular weight is 515 g/mol. The molecule has 0 aliphatic heterocycles. The summed E-state index contributed by atoms with van der Waals surface area (Å²) in [5, 5.41) is 3.80. The maximum atomic E-state index is 14.6. The minimum absolute atomic E-state index is 0.0570. The maximum absolute atomic E-state index is 14.6.